The predicted octanol–water partition coefficient (Wildman–Crippen LogP) is 5.03. The maximum atomic E-state index is 13.2. The molecule has 4 heteroatoms. The van der Waals surface area contributed by atoms with Crippen LogP contribution in [0, 0.1) is 11.2 Å². The molecule has 0 saturated carbocycles. The van der Waals surface area contributed by atoms with Gasteiger partial charge in [0.1, 0.15) is 5.82 Å². The van der Waals surface area contributed by atoms with E-state index in [1.54, 1.807) is 18.3 Å². The van der Waals surface area contributed by atoms with Crippen LogP contribution in [0.25, 0.3) is 22.0 Å². The molecule has 0 aliphatic heterocycles. The van der Waals surface area contributed by atoms with E-state index in [9.17, 15) is 9.18 Å². The van der Waals surface area contributed by atoms with Gasteiger partial charge in [0.25, 0.3) is 0 Å². The van der Waals surface area contributed by atoms with E-state index in [1.807, 2.05) is 45.0 Å². The average molecular weight is 322 g/mol. The van der Waals surface area contributed by atoms with E-state index < -0.39 is 5.41 Å². The Morgan fingerprint density at radius 3 is 2.42 bits per heavy atom. The second kappa shape index (κ2) is 6.04. The summed E-state index contributed by atoms with van der Waals surface area (Å²) in [6.07, 6.45) is 1.70. The van der Waals surface area contributed by atoms with Crippen LogP contribution >= 0.6 is 0 Å². The Bertz CT molecular complexity index is 896. The highest BCUT2D eigenvalue weighted by molar-refractivity contribution is 6.03. The summed E-state index contributed by atoms with van der Waals surface area (Å²) in [6, 6.07) is 14.0. The second-order valence-electron chi connectivity index (χ2n) is 6.81. The third-order valence-electron chi connectivity index (χ3n) is 3.81. The maximum absolute atomic E-state index is 13.2. The van der Waals surface area contributed by atoms with Crippen molar-refractivity contribution in [3.05, 3.63) is 60.5 Å². The number of aromatic nitrogens is 1. The highest BCUT2D eigenvalue weighted by atomic mass is 19.1. The highest BCUT2D eigenvalue weighted by Crippen LogP contribution is 2.31. The van der Waals surface area contributed by atoms with Crippen LogP contribution in [0.5, 0.6) is 0 Å². The topological polar surface area (TPSA) is 42.0 Å². The number of pyridine rings is 1. The lowest BCUT2D eigenvalue weighted by Crippen LogP contribution is -2.27. The molecule has 0 spiro atoms. The molecule has 0 aliphatic carbocycles. The van der Waals surface area contributed by atoms with Crippen LogP contribution in [-0.4, -0.2) is 10.9 Å². The lowest BCUT2D eigenvalue weighted by Gasteiger charge is -2.19. The van der Waals surface area contributed by atoms with E-state index in [2.05, 4.69) is 10.3 Å². The minimum absolute atomic E-state index is 0.0780. The van der Waals surface area contributed by atoms with Gasteiger partial charge in [-0.3, -0.25) is 9.78 Å². The molecule has 0 fully saturated rings. The van der Waals surface area contributed by atoms with Crippen LogP contribution < -0.4 is 5.32 Å². The van der Waals surface area contributed by atoms with Gasteiger partial charge in [0.2, 0.25) is 5.91 Å². The van der Waals surface area contributed by atoms with Crippen molar-refractivity contribution in [3.63, 3.8) is 0 Å². The molecule has 0 saturated heterocycles. The SMILES string of the molecule is CC(C)(C)C(=O)Nc1cc(-c2ccc(F)cc2)cc2cccnc12. The van der Waals surface area contributed by atoms with E-state index >= 15 is 0 Å². The average Bonchev–Trinajstić information content (AvgIpc) is 2.54. The Hall–Kier alpha value is -2.75. The molecule has 2 aromatic carbocycles. The van der Waals surface area contributed by atoms with Crippen LogP contribution in [0.1, 0.15) is 20.8 Å². The zero-order chi connectivity index (χ0) is 17.3. The van der Waals surface area contributed by atoms with Gasteiger partial charge in [-0.25, -0.2) is 4.39 Å². The molecule has 1 amide bonds. The third kappa shape index (κ3) is 3.27. The molecule has 3 aromatic rings. The molecule has 1 heterocycles. The number of halogens is 1. The van der Waals surface area contributed by atoms with Crippen LogP contribution in [0.4, 0.5) is 10.1 Å². The molecule has 0 radical (unpaired) electrons. The van der Waals surface area contributed by atoms with Gasteiger partial charge in [-0.2, -0.15) is 0 Å². The fraction of sp³-hybridized carbons (Fsp3) is 0.200. The monoisotopic (exact) mass is 322 g/mol. The van der Waals surface area contributed by atoms with E-state index in [-0.39, 0.29) is 11.7 Å². The van der Waals surface area contributed by atoms with E-state index in [0.717, 1.165) is 22.0 Å². The summed E-state index contributed by atoms with van der Waals surface area (Å²) in [5, 5.41) is 3.89. The maximum Gasteiger partial charge on any atom is 0.229 e. The van der Waals surface area contributed by atoms with Crippen molar-refractivity contribution in [1.29, 1.82) is 0 Å². The molecule has 3 nitrogen and oxygen atoms in total. The first-order chi connectivity index (χ1) is 11.3. The first-order valence-electron chi connectivity index (χ1n) is 7.81. The summed E-state index contributed by atoms with van der Waals surface area (Å²) >= 11 is 0. The van der Waals surface area contributed by atoms with Crippen LogP contribution in [0.15, 0.2) is 54.7 Å². The molecule has 122 valence electrons. The largest absolute Gasteiger partial charge is 0.324 e. The highest BCUT2D eigenvalue weighted by Gasteiger charge is 2.22. The van der Waals surface area contributed by atoms with Crippen molar-refractivity contribution in [2.45, 2.75) is 20.8 Å². The number of rotatable bonds is 2. The number of carbonyl (C=O) groups is 1. The minimum atomic E-state index is -0.507. The number of hydrogen-bond donors (Lipinski definition) is 1. The summed E-state index contributed by atoms with van der Waals surface area (Å²) in [4.78, 5) is 16.8. The van der Waals surface area contributed by atoms with Crippen LogP contribution in [0.3, 0.4) is 0 Å². The fourth-order valence-corrected chi connectivity index (χ4v) is 2.41. The lowest BCUT2D eigenvalue weighted by molar-refractivity contribution is -0.123. The molecule has 0 unspecified atom stereocenters. The van der Waals surface area contributed by atoms with Crippen molar-refractivity contribution in [1.82, 2.24) is 4.98 Å². The molecule has 1 N–H and O–H groups in total. The molecular weight excluding hydrogens is 303 g/mol. The Balaban J connectivity index is 2.12. The summed E-state index contributed by atoms with van der Waals surface area (Å²) in [5.74, 6) is -0.354. The van der Waals surface area contributed by atoms with Crippen molar-refractivity contribution in [2.75, 3.05) is 5.32 Å². The number of amides is 1. The predicted molar refractivity (Wildman–Crippen MR) is 95.2 cm³/mol. The molecule has 0 atom stereocenters. The Morgan fingerprint density at radius 2 is 1.75 bits per heavy atom. The van der Waals surface area contributed by atoms with Gasteiger partial charge in [0.05, 0.1) is 11.2 Å². The smallest absolute Gasteiger partial charge is 0.229 e. The fourth-order valence-electron chi connectivity index (χ4n) is 2.41. The first kappa shape index (κ1) is 16.1. The van der Waals surface area contributed by atoms with E-state index in [0.29, 0.717) is 5.69 Å². The molecule has 0 aliphatic rings. The van der Waals surface area contributed by atoms with Crippen molar-refractivity contribution in [2.24, 2.45) is 5.41 Å². The number of carbonyl (C=O) groups excluding carboxylic acids is 1. The second-order valence-corrected chi connectivity index (χ2v) is 6.81. The van der Waals surface area contributed by atoms with Gasteiger partial charge in [-0.15, -0.1) is 0 Å². The summed E-state index contributed by atoms with van der Waals surface area (Å²) in [6.45, 7) is 5.59. The normalized spacial score (nSPS) is 11.5. The van der Waals surface area contributed by atoms with Crippen LogP contribution in [0.2, 0.25) is 0 Å². The molecule has 1 aromatic heterocycles. The molecule has 24 heavy (non-hydrogen) atoms. The Kier molecular flexibility index (Phi) is 4.06. The third-order valence-corrected chi connectivity index (χ3v) is 3.81. The standard InChI is InChI=1S/C20H19FN2O/c1-20(2,3)19(24)23-17-12-15(13-6-8-16(21)9-7-13)11-14-5-4-10-22-18(14)17/h4-12H,1-3H3,(H,23,24). The Labute approximate surface area is 140 Å². The quantitative estimate of drug-likeness (QED) is 0.719. The molecular formula is C20H19FN2O. The zero-order valence-electron chi connectivity index (χ0n) is 13.9. The van der Waals surface area contributed by atoms with Gasteiger partial charge in [0, 0.05) is 17.0 Å². The summed E-state index contributed by atoms with van der Waals surface area (Å²) in [5.41, 5.74) is 2.67. The lowest BCUT2D eigenvalue weighted by atomic mass is 9.95. The summed E-state index contributed by atoms with van der Waals surface area (Å²) in [7, 11) is 0. The van der Waals surface area contributed by atoms with Gasteiger partial charge in [-0.1, -0.05) is 39.0 Å². The van der Waals surface area contributed by atoms with E-state index in [4.69, 9.17) is 0 Å². The van der Waals surface area contributed by atoms with Gasteiger partial charge in [-0.05, 0) is 41.5 Å². The first-order valence-corrected chi connectivity index (χ1v) is 7.81. The van der Waals surface area contributed by atoms with Crippen LogP contribution in [-0.2, 0) is 4.79 Å². The van der Waals surface area contributed by atoms with E-state index in [1.165, 1.54) is 12.1 Å². The number of benzene rings is 2. The Morgan fingerprint density at radius 1 is 1.04 bits per heavy atom. The number of nitrogens with zero attached hydrogens (tertiary/aromatic N) is 1. The van der Waals surface area contributed by atoms with Crippen molar-refractivity contribution < 1.29 is 9.18 Å². The van der Waals surface area contributed by atoms with Crippen molar-refractivity contribution >= 4 is 22.5 Å². The number of anilines is 1. The molecule has 3 rings (SSSR count). The number of hydrogen-bond acceptors (Lipinski definition) is 2. The minimum Gasteiger partial charge on any atom is -0.324 e. The zero-order valence-corrected chi connectivity index (χ0v) is 13.9. The van der Waals surface area contributed by atoms with Gasteiger partial charge in [0.15, 0.2) is 0 Å². The summed E-state index contributed by atoms with van der Waals surface area (Å²) < 4.78 is 13.2. The van der Waals surface area contributed by atoms with Crippen molar-refractivity contribution in [3.8, 4) is 11.1 Å². The van der Waals surface area contributed by atoms with Gasteiger partial charge >= 0.3 is 0 Å². The molecule has 0 bridgehead atoms. The number of fused-ring (bicyclic) bond motifs is 1. The van der Waals surface area contributed by atoms with Gasteiger partial charge < -0.3 is 5.32 Å². The number of nitrogens with one attached hydrogen (secondary N) is 1.